The molecule has 0 heterocycles. The molecular weight excluding hydrogens is 333 g/mol. The van der Waals surface area contributed by atoms with Crippen molar-refractivity contribution in [2.45, 2.75) is 26.4 Å². The third kappa shape index (κ3) is 4.55. The minimum Gasteiger partial charge on any atom is -0.494 e. The number of hydrogen-bond donors (Lipinski definition) is 1. The Morgan fingerprint density at radius 1 is 1.19 bits per heavy atom. The molecule has 0 aliphatic heterocycles. The lowest BCUT2D eigenvalue weighted by atomic mass is 10.1. The summed E-state index contributed by atoms with van der Waals surface area (Å²) in [6.45, 7) is 5.18. The van der Waals surface area contributed by atoms with Gasteiger partial charge in [-0.2, -0.15) is 0 Å². The van der Waals surface area contributed by atoms with Gasteiger partial charge in [-0.1, -0.05) is 34.1 Å². The molecule has 0 aliphatic carbocycles. The van der Waals surface area contributed by atoms with E-state index in [2.05, 4.69) is 28.2 Å². The Kier molecular flexibility index (Phi) is 5.76. The van der Waals surface area contributed by atoms with Crippen molar-refractivity contribution in [2.75, 3.05) is 6.61 Å². The van der Waals surface area contributed by atoms with E-state index >= 15 is 0 Å². The standard InChI is InChI=1S/C17H19BrFNO/c1-3-21-16-8-5-13(6-9-16)12(2)20-11-14-4-7-15(18)10-17(14)19/h4-10,12,20H,3,11H2,1-2H3. The van der Waals surface area contributed by atoms with E-state index in [1.165, 1.54) is 6.07 Å². The highest BCUT2D eigenvalue weighted by Crippen LogP contribution is 2.19. The second-order valence-electron chi connectivity index (χ2n) is 4.84. The lowest BCUT2D eigenvalue weighted by molar-refractivity contribution is 0.340. The fourth-order valence-electron chi connectivity index (χ4n) is 2.07. The van der Waals surface area contributed by atoms with E-state index in [4.69, 9.17) is 4.74 Å². The summed E-state index contributed by atoms with van der Waals surface area (Å²) < 4.78 is 19.9. The van der Waals surface area contributed by atoms with Crippen LogP contribution in [0.3, 0.4) is 0 Å². The van der Waals surface area contributed by atoms with Crippen molar-refractivity contribution in [3.05, 3.63) is 63.9 Å². The Morgan fingerprint density at radius 3 is 2.52 bits per heavy atom. The number of rotatable bonds is 6. The molecule has 4 heteroatoms. The first kappa shape index (κ1) is 16.0. The molecule has 2 rings (SSSR count). The van der Waals surface area contributed by atoms with Crippen LogP contribution in [-0.4, -0.2) is 6.61 Å². The molecule has 0 fully saturated rings. The fraction of sp³-hybridized carbons (Fsp3) is 0.294. The fourth-order valence-corrected chi connectivity index (χ4v) is 2.40. The van der Waals surface area contributed by atoms with Gasteiger partial charge in [0.1, 0.15) is 11.6 Å². The van der Waals surface area contributed by atoms with Crippen LogP contribution in [0.2, 0.25) is 0 Å². The van der Waals surface area contributed by atoms with Crippen LogP contribution in [0.4, 0.5) is 4.39 Å². The summed E-state index contributed by atoms with van der Waals surface area (Å²) in [5, 5.41) is 3.33. The van der Waals surface area contributed by atoms with Crippen molar-refractivity contribution in [2.24, 2.45) is 0 Å². The van der Waals surface area contributed by atoms with Crippen LogP contribution in [0.15, 0.2) is 46.9 Å². The maximum Gasteiger partial charge on any atom is 0.128 e. The molecule has 0 aliphatic rings. The zero-order valence-corrected chi connectivity index (χ0v) is 13.8. The van der Waals surface area contributed by atoms with E-state index in [-0.39, 0.29) is 11.9 Å². The van der Waals surface area contributed by atoms with Gasteiger partial charge in [-0.05, 0) is 43.7 Å². The second kappa shape index (κ2) is 7.57. The normalized spacial score (nSPS) is 12.2. The van der Waals surface area contributed by atoms with Gasteiger partial charge >= 0.3 is 0 Å². The molecule has 1 atom stereocenters. The molecule has 0 amide bonds. The van der Waals surface area contributed by atoms with Crippen LogP contribution < -0.4 is 10.1 Å². The molecule has 0 spiro atoms. The summed E-state index contributed by atoms with van der Waals surface area (Å²) in [7, 11) is 0. The average Bonchev–Trinajstić information content (AvgIpc) is 2.47. The highest BCUT2D eigenvalue weighted by atomic mass is 79.9. The Hall–Kier alpha value is -1.39. The number of nitrogens with one attached hydrogen (secondary N) is 1. The predicted octanol–water partition coefficient (Wildman–Crippen LogP) is 4.84. The third-order valence-corrected chi connectivity index (χ3v) is 3.80. The number of ether oxygens (including phenoxy) is 1. The maximum atomic E-state index is 13.8. The second-order valence-corrected chi connectivity index (χ2v) is 5.76. The molecule has 0 saturated heterocycles. The Morgan fingerprint density at radius 2 is 1.90 bits per heavy atom. The smallest absolute Gasteiger partial charge is 0.128 e. The van der Waals surface area contributed by atoms with Gasteiger partial charge in [-0.15, -0.1) is 0 Å². The number of hydrogen-bond acceptors (Lipinski definition) is 2. The molecule has 2 aromatic rings. The van der Waals surface area contributed by atoms with Crippen molar-refractivity contribution >= 4 is 15.9 Å². The van der Waals surface area contributed by atoms with Gasteiger partial charge in [0.05, 0.1) is 6.61 Å². The van der Waals surface area contributed by atoms with E-state index < -0.39 is 0 Å². The molecule has 21 heavy (non-hydrogen) atoms. The number of benzene rings is 2. The van der Waals surface area contributed by atoms with Crippen molar-refractivity contribution < 1.29 is 9.13 Å². The molecule has 2 nitrogen and oxygen atoms in total. The Labute approximate surface area is 133 Å². The summed E-state index contributed by atoms with van der Waals surface area (Å²) in [5.74, 6) is 0.670. The first-order chi connectivity index (χ1) is 10.1. The highest BCUT2D eigenvalue weighted by Gasteiger charge is 2.08. The van der Waals surface area contributed by atoms with Gasteiger partial charge in [-0.3, -0.25) is 0 Å². The van der Waals surface area contributed by atoms with Crippen LogP contribution in [-0.2, 0) is 6.54 Å². The summed E-state index contributed by atoms with van der Waals surface area (Å²) in [4.78, 5) is 0. The van der Waals surface area contributed by atoms with Crippen molar-refractivity contribution in [3.63, 3.8) is 0 Å². The molecule has 1 unspecified atom stereocenters. The van der Waals surface area contributed by atoms with Gasteiger partial charge in [0, 0.05) is 22.6 Å². The largest absolute Gasteiger partial charge is 0.494 e. The lowest BCUT2D eigenvalue weighted by Crippen LogP contribution is -2.18. The third-order valence-electron chi connectivity index (χ3n) is 3.30. The molecule has 0 aromatic heterocycles. The monoisotopic (exact) mass is 351 g/mol. The van der Waals surface area contributed by atoms with Gasteiger partial charge in [0.25, 0.3) is 0 Å². The van der Waals surface area contributed by atoms with E-state index in [9.17, 15) is 4.39 Å². The van der Waals surface area contributed by atoms with Gasteiger partial charge in [0.15, 0.2) is 0 Å². The zero-order valence-electron chi connectivity index (χ0n) is 12.2. The Bertz CT molecular complexity index is 586. The van der Waals surface area contributed by atoms with E-state index in [0.29, 0.717) is 18.7 Å². The van der Waals surface area contributed by atoms with Crippen LogP contribution in [0.5, 0.6) is 5.75 Å². The van der Waals surface area contributed by atoms with Crippen LogP contribution in [0, 0.1) is 5.82 Å². The number of halogens is 2. The van der Waals surface area contributed by atoms with Gasteiger partial charge < -0.3 is 10.1 Å². The van der Waals surface area contributed by atoms with Crippen molar-refractivity contribution in [1.29, 1.82) is 0 Å². The zero-order chi connectivity index (χ0) is 15.2. The Balaban J connectivity index is 1.96. The minimum atomic E-state index is -0.198. The SMILES string of the molecule is CCOc1ccc(C(C)NCc2ccc(Br)cc2F)cc1. The topological polar surface area (TPSA) is 21.3 Å². The van der Waals surface area contributed by atoms with Crippen molar-refractivity contribution in [3.8, 4) is 5.75 Å². The van der Waals surface area contributed by atoms with Crippen LogP contribution in [0.1, 0.15) is 31.0 Å². The molecule has 2 aromatic carbocycles. The van der Waals surface area contributed by atoms with Gasteiger partial charge in [-0.25, -0.2) is 4.39 Å². The minimum absolute atomic E-state index is 0.142. The molecular formula is C17H19BrFNO. The summed E-state index contributed by atoms with van der Waals surface area (Å²) in [6.07, 6.45) is 0. The quantitative estimate of drug-likeness (QED) is 0.803. The molecule has 1 N–H and O–H groups in total. The van der Waals surface area contributed by atoms with E-state index in [1.54, 1.807) is 6.07 Å². The molecule has 0 radical (unpaired) electrons. The lowest BCUT2D eigenvalue weighted by Gasteiger charge is -2.15. The average molecular weight is 352 g/mol. The predicted molar refractivity (Wildman–Crippen MR) is 87.0 cm³/mol. The van der Waals surface area contributed by atoms with Crippen LogP contribution >= 0.6 is 15.9 Å². The summed E-state index contributed by atoms with van der Waals surface area (Å²) in [6, 6.07) is 13.2. The van der Waals surface area contributed by atoms with Crippen molar-refractivity contribution in [1.82, 2.24) is 5.32 Å². The summed E-state index contributed by atoms with van der Waals surface area (Å²) >= 11 is 3.26. The van der Waals surface area contributed by atoms with E-state index in [1.807, 2.05) is 37.3 Å². The van der Waals surface area contributed by atoms with Gasteiger partial charge in [0.2, 0.25) is 0 Å². The summed E-state index contributed by atoms with van der Waals surface area (Å²) in [5.41, 5.74) is 1.81. The molecule has 0 bridgehead atoms. The maximum absolute atomic E-state index is 13.8. The first-order valence-electron chi connectivity index (χ1n) is 7.00. The van der Waals surface area contributed by atoms with E-state index in [0.717, 1.165) is 15.8 Å². The first-order valence-corrected chi connectivity index (χ1v) is 7.79. The molecule has 0 saturated carbocycles. The highest BCUT2D eigenvalue weighted by molar-refractivity contribution is 9.10. The molecule has 112 valence electrons. The van der Waals surface area contributed by atoms with Crippen LogP contribution in [0.25, 0.3) is 0 Å².